The molecule has 2 nitrogen and oxygen atoms in total. The Bertz CT molecular complexity index is 432. The van der Waals surface area contributed by atoms with Gasteiger partial charge in [-0.25, -0.2) is 0 Å². The number of hydrogen-bond acceptors (Lipinski definition) is 2. The first-order chi connectivity index (χ1) is 10.0. The lowest BCUT2D eigenvalue weighted by Gasteiger charge is -2.37. The molecule has 0 amide bonds. The highest BCUT2D eigenvalue weighted by Crippen LogP contribution is 2.37. The first-order valence-corrected chi connectivity index (χ1v) is 8.57. The maximum atomic E-state index is 6.59. The van der Waals surface area contributed by atoms with Gasteiger partial charge in [0, 0.05) is 25.7 Å². The second-order valence-corrected chi connectivity index (χ2v) is 7.96. The van der Waals surface area contributed by atoms with Crippen LogP contribution >= 0.6 is 0 Å². The number of rotatable bonds is 8. The van der Waals surface area contributed by atoms with Crippen LogP contribution in [0.3, 0.4) is 0 Å². The Balaban J connectivity index is 1.63. The summed E-state index contributed by atoms with van der Waals surface area (Å²) in [6.45, 7) is 8.37. The van der Waals surface area contributed by atoms with Crippen LogP contribution in [0.15, 0.2) is 30.3 Å². The molecule has 0 bridgehead atoms. The minimum atomic E-state index is 0.111. The molecule has 21 heavy (non-hydrogen) atoms. The number of benzene rings is 1. The third-order valence-corrected chi connectivity index (χ3v) is 5.06. The predicted octanol–water partition coefficient (Wildman–Crippen LogP) is 3.83. The van der Waals surface area contributed by atoms with E-state index in [0.717, 1.165) is 18.4 Å². The minimum Gasteiger partial charge on any atom is -0.323 e. The lowest BCUT2D eigenvalue weighted by atomic mass is 9.80. The van der Waals surface area contributed by atoms with Gasteiger partial charge in [-0.2, -0.15) is 0 Å². The van der Waals surface area contributed by atoms with E-state index in [4.69, 9.17) is 5.73 Å². The fraction of sp³-hybridized carbons (Fsp3) is 0.684. The van der Waals surface area contributed by atoms with Crippen molar-refractivity contribution in [3.8, 4) is 0 Å². The summed E-state index contributed by atoms with van der Waals surface area (Å²) >= 11 is 0. The molecule has 1 aromatic carbocycles. The summed E-state index contributed by atoms with van der Waals surface area (Å²) in [5.41, 5.74) is 7.97. The Morgan fingerprint density at radius 2 is 1.57 bits per heavy atom. The summed E-state index contributed by atoms with van der Waals surface area (Å²) in [6, 6.07) is 10.7. The molecule has 2 N–H and O–H groups in total. The molecule has 0 spiro atoms. The zero-order chi connectivity index (χ0) is 14.9. The number of nitrogens with zero attached hydrogens (tertiary/aromatic N) is 1. The molecule has 1 aromatic rings. The summed E-state index contributed by atoms with van der Waals surface area (Å²) in [5.74, 6) is 1.93. The van der Waals surface area contributed by atoms with Crippen LogP contribution in [0.4, 0.5) is 0 Å². The summed E-state index contributed by atoms with van der Waals surface area (Å²) in [4.78, 5) is 2.71. The first kappa shape index (κ1) is 15.1. The average Bonchev–Trinajstić information content (AvgIpc) is 3.35. The zero-order valence-electron chi connectivity index (χ0n) is 13.6. The van der Waals surface area contributed by atoms with Crippen LogP contribution in [0.1, 0.15) is 51.1 Å². The largest absolute Gasteiger partial charge is 0.323 e. The molecule has 1 unspecified atom stereocenters. The van der Waals surface area contributed by atoms with Crippen molar-refractivity contribution in [2.45, 2.75) is 45.6 Å². The van der Waals surface area contributed by atoms with Gasteiger partial charge in [0.05, 0.1) is 0 Å². The van der Waals surface area contributed by atoms with Gasteiger partial charge in [0.15, 0.2) is 0 Å². The van der Waals surface area contributed by atoms with Gasteiger partial charge in [-0.3, -0.25) is 0 Å². The molecule has 3 rings (SSSR count). The molecular weight excluding hydrogens is 256 g/mol. The molecule has 0 aromatic heterocycles. The van der Waals surface area contributed by atoms with Gasteiger partial charge >= 0.3 is 0 Å². The Kier molecular flexibility index (Phi) is 4.37. The Labute approximate surface area is 129 Å². The van der Waals surface area contributed by atoms with Crippen molar-refractivity contribution < 1.29 is 0 Å². The van der Waals surface area contributed by atoms with Crippen molar-refractivity contribution in [2.75, 3.05) is 19.6 Å². The van der Waals surface area contributed by atoms with Crippen molar-refractivity contribution in [3.05, 3.63) is 35.9 Å². The standard InChI is InChI=1S/C19H30N2/c1-19(2,18(20)17-6-4-3-5-7-17)14-21(12-15-8-9-15)13-16-10-11-16/h3-7,15-16,18H,8-14,20H2,1-2H3. The third kappa shape index (κ3) is 4.31. The lowest BCUT2D eigenvalue weighted by Crippen LogP contribution is -2.42. The van der Waals surface area contributed by atoms with Crippen LogP contribution in [0.25, 0.3) is 0 Å². The summed E-state index contributed by atoms with van der Waals surface area (Å²) in [6.07, 6.45) is 5.75. The maximum Gasteiger partial charge on any atom is 0.0359 e. The monoisotopic (exact) mass is 286 g/mol. The van der Waals surface area contributed by atoms with Gasteiger partial charge in [-0.15, -0.1) is 0 Å². The van der Waals surface area contributed by atoms with E-state index in [1.807, 2.05) is 0 Å². The van der Waals surface area contributed by atoms with E-state index < -0.39 is 0 Å². The van der Waals surface area contributed by atoms with Crippen molar-refractivity contribution in [1.82, 2.24) is 4.90 Å². The smallest absolute Gasteiger partial charge is 0.0359 e. The van der Waals surface area contributed by atoms with Gasteiger partial charge in [0.2, 0.25) is 0 Å². The lowest BCUT2D eigenvalue weighted by molar-refractivity contribution is 0.142. The summed E-state index contributed by atoms with van der Waals surface area (Å²) in [5, 5.41) is 0. The van der Waals surface area contributed by atoms with Gasteiger partial charge in [0.25, 0.3) is 0 Å². The van der Waals surface area contributed by atoms with E-state index in [1.54, 1.807) is 0 Å². The maximum absolute atomic E-state index is 6.59. The van der Waals surface area contributed by atoms with E-state index in [0.29, 0.717) is 0 Å². The van der Waals surface area contributed by atoms with Gasteiger partial charge < -0.3 is 10.6 Å². The van der Waals surface area contributed by atoms with E-state index in [2.05, 4.69) is 49.1 Å². The molecule has 1 atom stereocenters. The van der Waals surface area contributed by atoms with Gasteiger partial charge in [0.1, 0.15) is 0 Å². The van der Waals surface area contributed by atoms with E-state index in [9.17, 15) is 0 Å². The second-order valence-electron chi connectivity index (χ2n) is 7.96. The number of nitrogens with two attached hydrogens (primary N) is 1. The fourth-order valence-electron chi connectivity index (χ4n) is 3.32. The highest BCUT2D eigenvalue weighted by molar-refractivity contribution is 5.20. The molecule has 2 saturated carbocycles. The van der Waals surface area contributed by atoms with Crippen molar-refractivity contribution in [2.24, 2.45) is 23.0 Å². The third-order valence-electron chi connectivity index (χ3n) is 5.06. The molecular formula is C19H30N2. The van der Waals surface area contributed by atoms with Gasteiger partial charge in [-0.05, 0) is 48.5 Å². The molecule has 2 aliphatic rings. The van der Waals surface area contributed by atoms with Crippen molar-refractivity contribution in [1.29, 1.82) is 0 Å². The molecule has 2 fully saturated rings. The van der Waals surface area contributed by atoms with Crippen molar-refractivity contribution in [3.63, 3.8) is 0 Å². The number of hydrogen-bond donors (Lipinski definition) is 1. The van der Waals surface area contributed by atoms with E-state index in [1.165, 1.54) is 44.3 Å². The molecule has 0 heterocycles. The van der Waals surface area contributed by atoms with Crippen LogP contribution in [-0.2, 0) is 0 Å². The summed E-state index contributed by atoms with van der Waals surface area (Å²) in [7, 11) is 0. The van der Waals surface area contributed by atoms with Crippen LogP contribution < -0.4 is 5.73 Å². The molecule has 116 valence electrons. The highest BCUT2D eigenvalue weighted by atomic mass is 15.1. The Morgan fingerprint density at radius 3 is 2.05 bits per heavy atom. The van der Waals surface area contributed by atoms with Crippen LogP contribution in [0, 0.1) is 17.3 Å². The predicted molar refractivity (Wildman–Crippen MR) is 89.0 cm³/mol. The van der Waals surface area contributed by atoms with Gasteiger partial charge in [-0.1, -0.05) is 44.2 Å². The average molecular weight is 286 g/mol. The van der Waals surface area contributed by atoms with Crippen LogP contribution in [0.2, 0.25) is 0 Å². The Hall–Kier alpha value is -0.860. The Morgan fingerprint density at radius 1 is 1.05 bits per heavy atom. The SMILES string of the molecule is CC(C)(CN(CC1CC1)CC1CC1)C(N)c1ccccc1. The second kappa shape index (κ2) is 6.10. The molecule has 0 saturated heterocycles. The first-order valence-electron chi connectivity index (χ1n) is 8.57. The molecule has 0 aliphatic heterocycles. The molecule has 2 aliphatic carbocycles. The van der Waals surface area contributed by atoms with Crippen molar-refractivity contribution >= 4 is 0 Å². The van der Waals surface area contributed by atoms with E-state index in [-0.39, 0.29) is 11.5 Å². The zero-order valence-corrected chi connectivity index (χ0v) is 13.6. The molecule has 2 heteroatoms. The van der Waals surface area contributed by atoms with Crippen LogP contribution in [-0.4, -0.2) is 24.5 Å². The fourth-order valence-corrected chi connectivity index (χ4v) is 3.32. The quantitative estimate of drug-likeness (QED) is 0.787. The van der Waals surface area contributed by atoms with Crippen LogP contribution in [0.5, 0.6) is 0 Å². The summed E-state index contributed by atoms with van der Waals surface area (Å²) < 4.78 is 0. The normalized spacial score (nSPS) is 20.8. The molecule has 0 radical (unpaired) electrons. The minimum absolute atomic E-state index is 0.111. The van der Waals surface area contributed by atoms with E-state index >= 15 is 0 Å². The topological polar surface area (TPSA) is 29.3 Å². The highest BCUT2D eigenvalue weighted by Gasteiger charge is 2.34.